The van der Waals surface area contributed by atoms with Gasteiger partial charge in [-0.25, -0.2) is 0 Å². The second-order valence-corrected chi connectivity index (χ2v) is 37.5. The molecular formula is C96H106BN3. The van der Waals surface area contributed by atoms with Crippen LogP contribution in [0.25, 0.3) is 11.1 Å². The Morgan fingerprint density at radius 2 is 0.790 bits per heavy atom. The van der Waals surface area contributed by atoms with Gasteiger partial charge in [0.15, 0.2) is 0 Å². The summed E-state index contributed by atoms with van der Waals surface area (Å²) in [5, 5.41) is 0. The summed E-state index contributed by atoms with van der Waals surface area (Å²) in [6.45, 7) is 53.7. The second-order valence-electron chi connectivity index (χ2n) is 37.5. The van der Waals surface area contributed by atoms with Crippen molar-refractivity contribution in [1.82, 2.24) is 0 Å². The Kier molecular flexibility index (Phi) is 14.5. The molecule has 0 saturated heterocycles. The average molecular weight is 1310 g/mol. The number of fused-ring (bicyclic) bond motifs is 10. The Morgan fingerprint density at radius 1 is 0.360 bits per heavy atom. The molecule has 100 heavy (non-hydrogen) atoms. The third-order valence-corrected chi connectivity index (χ3v) is 26.2. The minimum atomic E-state index is -0.322. The first-order valence-corrected chi connectivity index (χ1v) is 37.7. The van der Waals surface area contributed by atoms with Crippen LogP contribution in [0.3, 0.4) is 0 Å². The molecule has 6 aliphatic rings. The van der Waals surface area contributed by atoms with Crippen LogP contribution in [0.2, 0.25) is 0 Å². The van der Waals surface area contributed by atoms with E-state index in [0.29, 0.717) is 5.92 Å². The van der Waals surface area contributed by atoms with Gasteiger partial charge in [0.1, 0.15) is 0 Å². The summed E-state index contributed by atoms with van der Waals surface area (Å²) in [5.74, 6) is 0.420. The van der Waals surface area contributed by atoms with Crippen molar-refractivity contribution in [2.24, 2.45) is 0 Å². The lowest BCUT2D eigenvalue weighted by Gasteiger charge is -2.50. The van der Waals surface area contributed by atoms with Crippen molar-refractivity contribution in [3.8, 4) is 11.1 Å². The highest BCUT2D eigenvalue weighted by molar-refractivity contribution is 7.00. The molecule has 0 spiro atoms. The van der Waals surface area contributed by atoms with E-state index in [1.807, 2.05) is 0 Å². The molecular weight excluding hydrogens is 1210 g/mol. The molecule has 2 aliphatic heterocycles. The standard InChI is InChI=1S/C96H106BN3/c1-58-44-45-90(9,10)68-40-38-63(50-66(58)68)98(64-39-41-69-74(51-64)92(13,14)47-46-91(69,11)12)65-52-85-87-86(53-65)100(82-43-37-62(89(6,7)8)49-67(82)60-30-24-23-25-31-60)84-57-78-76(94(17,18)71-33-27-29-35-73(71)96(78,21)22)55-80(84)97(87)79-54-75-77(95(19,20)72-34-28-26-32-70(72)93(75,15)16)56-83(79)99(85)81-42-36-61(48-59(81)2)88(3,4)5/h23-43,48-58H,44-47H2,1-22H3. The van der Waals surface area contributed by atoms with Crippen molar-refractivity contribution in [2.45, 2.75) is 233 Å². The van der Waals surface area contributed by atoms with Crippen LogP contribution in [0.5, 0.6) is 0 Å². The number of hydrogen-bond acceptors (Lipinski definition) is 3. The van der Waals surface area contributed by atoms with E-state index < -0.39 is 0 Å². The molecule has 0 bridgehead atoms. The van der Waals surface area contributed by atoms with Gasteiger partial charge in [0.05, 0.1) is 11.4 Å². The minimum Gasteiger partial charge on any atom is -0.311 e. The van der Waals surface area contributed by atoms with Gasteiger partial charge >= 0.3 is 0 Å². The molecule has 0 aromatic heterocycles. The Hall–Kier alpha value is -8.34. The largest absolute Gasteiger partial charge is 0.311 e. The summed E-state index contributed by atoms with van der Waals surface area (Å²) in [6.07, 6.45) is 4.63. The highest BCUT2D eigenvalue weighted by Gasteiger charge is 2.52. The van der Waals surface area contributed by atoms with Gasteiger partial charge in [0.2, 0.25) is 0 Å². The normalized spacial score (nSPS) is 19.3. The van der Waals surface area contributed by atoms with E-state index in [9.17, 15) is 0 Å². The Bertz CT molecular complexity index is 5070. The lowest BCUT2D eigenvalue weighted by molar-refractivity contribution is 0.332. The number of nitrogens with zero attached hydrogens (tertiary/aromatic N) is 3. The molecule has 1 atom stereocenters. The maximum atomic E-state index is 2.78. The molecule has 16 rings (SSSR count). The molecule has 3 nitrogen and oxygen atoms in total. The van der Waals surface area contributed by atoms with Crippen LogP contribution in [-0.4, -0.2) is 6.71 Å². The van der Waals surface area contributed by atoms with Gasteiger partial charge in [0, 0.05) is 67.0 Å². The number of aryl methyl sites for hydroxylation is 1. The first-order valence-electron chi connectivity index (χ1n) is 37.7. The maximum Gasteiger partial charge on any atom is 0.252 e. The molecule has 4 aliphatic carbocycles. The van der Waals surface area contributed by atoms with Crippen LogP contribution < -0.4 is 31.1 Å². The van der Waals surface area contributed by atoms with Crippen molar-refractivity contribution in [3.05, 3.63) is 272 Å². The Labute approximate surface area is 600 Å². The molecule has 0 N–H and O–H groups in total. The monoisotopic (exact) mass is 1310 g/mol. The number of anilines is 9. The quantitative estimate of drug-likeness (QED) is 0.154. The van der Waals surface area contributed by atoms with Crippen molar-refractivity contribution < 1.29 is 0 Å². The summed E-state index contributed by atoms with van der Waals surface area (Å²) in [4.78, 5) is 8.24. The molecule has 10 aromatic rings. The van der Waals surface area contributed by atoms with E-state index in [2.05, 4.69) is 355 Å². The summed E-state index contributed by atoms with van der Waals surface area (Å²) in [5.41, 5.74) is 37.0. The SMILES string of the molecule is Cc1cc(C(C)(C)C)ccc1N1c2cc3c(cc2B2c4cc5c(cc4N(c4ccc(C(C)(C)C)cc4-c4ccccc4)c4cc(N(c6ccc7c(c6)C(C)CCC7(C)C)c6ccc7c(c6)C(C)(C)CCC7(C)C)cc1c42)C(C)(C)c1ccccc1C5(C)C)C(C)(C)c1ccccc1C3(C)C. The first kappa shape index (κ1) is 66.2. The van der Waals surface area contributed by atoms with Crippen molar-refractivity contribution in [3.63, 3.8) is 0 Å². The highest BCUT2D eigenvalue weighted by atomic mass is 15.2. The van der Waals surface area contributed by atoms with Crippen LogP contribution in [0.4, 0.5) is 51.2 Å². The van der Waals surface area contributed by atoms with Gasteiger partial charge in [-0.05, 0) is 238 Å². The van der Waals surface area contributed by atoms with Crippen LogP contribution in [-0.2, 0) is 48.7 Å². The van der Waals surface area contributed by atoms with Crippen LogP contribution >= 0.6 is 0 Å². The van der Waals surface area contributed by atoms with Crippen molar-refractivity contribution in [1.29, 1.82) is 0 Å². The zero-order valence-electron chi connectivity index (χ0n) is 64.2. The number of rotatable bonds is 6. The Balaban J connectivity index is 1.11. The molecule has 2 heterocycles. The van der Waals surface area contributed by atoms with Gasteiger partial charge in [-0.3, -0.25) is 0 Å². The van der Waals surface area contributed by atoms with Crippen LogP contribution in [0.1, 0.15) is 260 Å². The topological polar surface area (TPSA) is 9.72 Å². The van der Waals surface area contributed by atoms with Gasteiger partial charge in [-0.2, -0.15) is 0 Å². The highest BCUT2D eigenvalue weighted by Crippen LogP contribution is 2.59. The summed E-state index contributed by atoms with van der Waals surface area (Å²) in [6, 6.07) is 76.3. The predicted molar refractivity (Wildman–Crippen MR) is 430 cm³/mol. The first-order chi connectivity index (χ1) is 46.9. The van der Waals surface area contributed by atoms with E-state index in [-0.39, 0.29) is 55.4 Å². The fourth-order valence-electron chi connectivity index (χ4n) is 19.7. The molecule has 0 amide bonds. The summed E-state index contributed by atoms with van der Waals surface area (Å²) in [7, 11) is 0. The second kappa shape index (κ2) is 21.8. The maximum absolute atomic E-state index is 2.78. The molecule has 10 aromatic carbocycles. The fraction of sp³-hybridized carbons (Fsp3) is 0.375. The van der Waals surface area contributed by atoms with Gasteiger partial charge < -0.3 is 14.7 Å². The van der Waals surface area contributed by atoms with Gasteiger partial charge in [-0.1, -0.05) is 267 Å². The van der Waals surface area contributed by atoms with Gasteiger partial charge in [-0.15, -0.1) is 0 Å². The number of hydrogen-bond donors (Lipinski definition) is 0. The van der Waals surface area contributed by atoms with E-state index in [4.69, 9.17) is 0 Å². The van der Waals surface area contributed by atoms with Gasteiger partial charge in [0.25, 0.3) is 6.71 Å². The van der Waals surface area contributed by atoms with E-state index in [0.717, 1.165) is 24.9 Å². The summed E-state index contributed by atoms with van der Waals surface area (Å²) < 4.78 is 0. The molecule has 1 unspecified atom stereocenters. The fourth-order valence-corrected chi connectivity index (χ4v) is 19.7. The average Bonchev–Trinajstić information content (AvgIpc) is 0.677. The van der Waals surface area contributed by atoms with E-state index in [1.165, 1.54) is 163 Å². The smallest absolute Gasteiger partial charge is 0.252 e. The van der Waals surface area contributed by atoms with E-state index >= 15 is 0 Å². The number of benzene rings is 10. The zero-order chi connectivity index (χ0) is 70.9. The lowest BCUT2D eigenvalue weighted by atomic mass is 9.32. The van der Waals surface area contributed by atoms with Crippen LogP contribution in [0, 0.1) is 6.92 Å². The zero-order valence-corrected chi connectivity index (χ0v) is 64.2. The van der Waals surface area contributed by atoms with Crippen LogP contribution in [0.15, 0.2) is 188 Å². The summed E-state index contributed by atoms with van der Waals surface area (Å²) >= 11 is 0. The Morgan fingerprint density at radius 3 is 1.29 bits per heavy atom. The molecule has 0 fully saturated rings. The molecule has 508 valence electrons. The van der Waals surface area contributed by atoms with Crippen molar-refractivity contribution >= 4 is 74.3 Å². The predicted octanol–water partition coefficient (Wildman–Crippen LogP) is 24.3. The molecule has 0 radical (unpaired) electrons. The minimum absolute atomic E-state index is 0.0230. The van der Waals surface area contributed by atoms with E-state index in [1.54, 1.807) is 0 Å². The third kappa shape index (κ3) is 9.77. The third-order valence-electron chi connectivity index (χ3n) is 26.2. The lowest BCUT2D eigenvalue weighted by Crippen LogP contribution is -2.62. The molecule has 4 heteroatoms. The molecule has 0 saturated carbocycles. The van der Waals surface area contributed by atoms with Crippen molar-refractivity contribution in [2.75, 3.05) is 14.7 Å².